The number of anilines is 1. The molecule has 0 aliphatic carbocycles. The van der Waals surface area contributed by atoms with Gasteiger partial charge in [-0.15, -0.1) is 0 Å². The molecule has 0 saturated carbocycles. The molecule has 1 aliphatic heterocycles. The van der Waals surface area contributed by atoms with Crippen LogP contribution in [0.1, 0.15) is 5.56 Å². The molecule has 1 fully saturated rings. The second-order valence-electron chi connectivity index (χ2n) is 4.02. The van der Waals surface area contributed by atoms with E-state index in [0.29, 0.717) is 37.7 Å². The van der Waals surface area contributed by atoms with Crippen molar-refractivity contribution in [2.75, 3.05) is 32.0 Å². The summed E-state index contributed by atoms with van der Waals surface area (Å²) >= 11 is 0. The van der Waals surface area contributed by atoms with E-state index in [4.69, 9.17) is 10.5 Å². The number of ether oxygens (including phenoxy) is 1. The average Bonchev–Trinajstić information content (AvgIpc) is 2.69. The molecular formula is C9H17N5O3S. The molecule has 9 heteroatoms. The van der Waals surface area contributed by atoms with Crippen molar-refractivity contribution in [3.63, 3.8) is 0 Å². The van der Waals surface area contributed by atoms with Crippen LogP contribution in [0.3, 0.4) is 0 Å². The van der Waals surface area contributed by atoms with E-state index in [2.05, 4.69) is 9.82 Å². The number of morpholine rings is 1. The minimum Gasteiger partial charge on any atom is -0.384 e. The largest absolute Gasteiger partial charge is 0.384 e. The first-order valence-corrected chi connectivity index (χ1v) is 7.03. The SMILES string of the molecule is Cn1ncc(CNS(=O)(=O)N2CCOCC2)c1N. The van der Waals surface area contributed by atoms with Gasteiger partial charge in [-0.2, -0.15) is 22.5 Å². The molecule has 1 saturated heterocycles. The quantitative estimate of drug-likeness (QED) is 0.708. The predicted octanol–water partition coefficient (Wildman–Crippen LogP) is -1.33. The van der Waals surface area contributed by atoms with Crippen molar-refractivity contribution < 1.29 is 13.2 Å². The van der Waals surface area contributed by atoms with Gasteiger partial charge in [0, 0.05) is 32.2 Å². The van der Waals surface area contributed by atoms with E-state index in [0.717, 1.165) is 0 Å². The second kappa shape index (κ2) is 5.22. The predicted molar refractivity (Wildman–Crippen MR) is 65.8 cm³/mol. The summed E-state index contributed by atoms with van der Waals surface area (Å²) in [7, 11) is -1.77. The lowest BCUT2D eigenvalue weighted by Crippen LogP contribution is -2.46. The molecule has 0 bridgehead atoms. The third-order valence-electron chi connectivity index (χ3n) is 2.82. The Labute approximate surface area is 106 Å². The molecule has 0 aromatic carbocycles. The molecule has 1 aliphatic rings. The molecule has 0 spiro atoms. The molecule has 18 heavy (non-hydrogen) atoms. The Bertz CT molecular complexity index is 506. The first kappa shape index (κ1) is 13.3. The highest BCUT2D eigenvalue weighted by Crippen LogP contribution is 2.10. The van der Waals surface area contributed by atoms with Crippen molar-refractivity contribution in [3.05, 3.63) is 11.8 Å². The Morgan fingerprint density at radius 1 is 1.50 bits per heavy atom. The summed E-state index contributed by atoms with van der Waals surface area (Å²) in [5, 5.41) is 3.95. The molecule has 0 radical (unpaired) electrons. The number of hydrogen-bond acceptors (Lipinski definition) is 5. The van der Waals surface area contributed by atoms with Crippen molar-refractivity contribution in [2.45, 2.75) is 6.54 Å². The maximum Gasteiger partial charge on any atom is 0.279 e. The summed E-state index contributed by atoms with van der Waals surface area (Å²) in [6.45, 7) is 1.74. The van der Waals surface area contributed by atoms with Gasteiger partial charge in [0.25, 0.3) is 10.2 Å². The molecule has 2 heterocycles. The van der Waals surface area contributed by atoms with Crippen molar-refractivity contribution in [2.24, 2.45) is 7.05 Å². The fourth-order valence-corrected chi connectivity index (χ4v) is 2.83. The van der Waals surface area contributed by atoms with Gasteiger partial charge in [0.2, 0.25) is 0 Å². The third kappa shape index (κ3) is 2.80. The normalized spacial score (nSPS) is 18.1. The maximum absolute atomic E-state index is 12.0. The van der Waals surface area contributed by atoms with Gasteiger partial charge in [-0.1, -0.05) is 0 Å². The lowest BCUT2D eigenvalue weighted by molar-refractivity contribution is 0.0725. The molecule has 1 aromatic heterocycles. The summed E-state index contributed by atoms with van der Waals surface area (Å²) in [6, 6.07) is 0. The van der Waals surface area contributed by atoms with Gasteiger partial charge in [-0.3, -0.25) is 4.68 Å². The Balaban J connectivity index is 1.98. The third-order valence-corrected chi connectivity index (χ3v) is 4.37. The topological polar surface area (TPSA) is 102 Å². The number of nitrogen functional groups attached to an aromatic ring is 1. The Hall–Kier alpha value is -1.16. The molecule has 1 aromatic rings. The number of nitrogens with two attached hydrogens (primary N) is 1. The van der Waals surface area contributed by atoms with Gasteiger partial charge in [0.05, 0.1) is 19.4 Å². The van der Waals surface area contributed by atoms with Crippen LogP contribution >= 0.6 is 0 Å². The van der Waals surface area contributed by atoms with Gasteiger partial charge >= 0.3 is 0 Å². The lowest BCUT2D eigenvalue weighted by atomic mass is 10.3. The van der Waals surface area contributed by atoms with Gasteiger partial charge in [0.15, 0.2) is 0 Å². The van der Waals surface area contributed by atoms with Crippen molar-refractivity contribution >= 4 is 16.0 Å². The van der Waals surface area contributed by atoms with Crippen LogP contribution in [0.25, 0.3) is 0 Å². The summed E-state index contributed by atoms with van der Waals surface area (Å²) < 4.78 is 34.4. The molecule has 0 unspecified atom stereocenters. The van der Waals surface area contributed by atoms with Gasteiger partial charge in [-0.05, 0) is 0 Å². The van der Waals surface area contributed by atoms with E-state index in [1.165, 1.54) is 8.99 Å². The van der Waals surface area contributed by atoms with Crippen LogP contribution in [0.4, 0.5) is 5.82 Å². The highest BCUT2D eigenvalue weighted by molar-refractivity contribution is 7.87. The van der Waals surface area contributed by atoms with Gasteiger partial charge < -0.3 is 10.5 Å². The average molecular weight is 275 g/mol. The molecule has 102 valence electrons. The molecule has 8 nitrogen and oxygen atoms in total. The smallest absolute Gasteiger partial charge is 0.279 e. The van der Waals surface area contributed by atoms with E-state index in [-0.39, 0.29) is 6.54 Å². The number of rotatable bonds is 4. The minimum absolute atomic E-state index is 0.138. The van der Waals surface area contributed by atoms with Crippen LogP contribution in [0.2, 0.25) is 0 Å². The van der Waals surface area contributed by atoms with Crippen LogP contribution in [-0.2, 0) is 28.5 Å². The molecule has 2 rings (SSSR count). The Kier molecular flexibility index (Phi) is 3.85. The highest BCUT2D eigenvalue weighted by Gasteiger charge is 2.24. The standard InChI is InChI=1S/C9H17N5O3S/c1-13-9(10)8(6-11-13)7-12-18(15,16)14-2-4-17-5-3-14/h6,12H,2-5,7,10H2,1H3. The fraction of sp³-hybridized carbons (Fsp3) is 0.667. The summed E-state index contributed by atoms with van der Waals surface area (Å²) in [4.78, 5) is 0. The second-order valence-corrected chi connectivity index (χ2v) is 5.77. The van der Waals surface area contributed by atoms with Crippen LogP contribution in [-0.4, -0.2) is 48.8 Å². The van der Waals surface area contributed by atoms with Crippen molar-refractivity contribution in [1.82, 2.24) is 18.8 Å². The summed E-state index contributed by atoms with van der Waals surface area (Å²) in [5.41, 5.74) is 6.40. The van der Waals surface area contributed by atoms with Crippen molar-refractivity contribution in [3.8, 4) is 0 Å². The number of nitrogens with one attached hydrogen (secondary N) is 1. The Morgan fingerprint density at radius 3 is 2.72 bits per heavy atom. The van der Waals surface area contributed by atoms with Crippen molar-refractivity contribution in [1.29, 1.82) is 0 Å². The van der Waals surface area contributed by atoms with Crippen LogP contribution in [0.5, 0.6) is 0 Å². The molecular weight excluding hydrogens is 258 g/mol. The zero-order chi connectivity index (χ0) is 13.2. The van der Waals surface area contributed by atoms with E-state index in [1.807, 2.05) is 0 Å². The van der Waals surface area contributed by atoms with E-state index < -0.39 is 10.2 Å². The first-order chi connectivity index (χ1) is 8.50. The number of aromatic nitrogens is 2. The number of nitrogens with zero attached hydrogens (tertiary/aromatic N) is 3. The number of hydrogen-bond donors (Lipinski definition) is 2. The van der Waals surface area contributed by atoms with Crippen LogP contribution < -0.4 is 10.5 Å². The zero-order valence-electron chi connectivity index (χ0n) is 10.2. The first-order valence-electron chi connectivity index (χ1n) is 5.59. The van der Waals surface area contributed by atoms with E-state index >= 15 is 0 Å². The molecule has 0 atom stereocenters. The van der Waals surface area contributed by atoms with Crippen LogP contribution in [0, 0.1) is 0 Å². The lowest BCUT2D eigenvalue weighted by Gasteiger charge is -2.26. The van der Waals surface area contributed by atoms with Gasteiger partial charge in [-0.25, -0.2) is 0 Å². The molecule has 0 amide bonds. The zero-order valence-corrected chi connectivity index (χ0v) is 11.0. The van der Waals surface area contributed by atoms with Gasteiger partial charge in [0.1, 0.15) is 5.82 Å². The van der Waals surface area contributed by atoms with Crippen LogP contribution in [0.15, 0.2) is 6.20 Å². The highest BCUT2D eigenvalue weighted by atomic mass is 32.2. The monoisotopic (exact) mass is 275 g/mol. The minimum atomic E-state index is -3.48. The molecule has 3 N–H and O–H groups in total. The summed E-state index contributed by atoms with van der Waals surface area (Å²) in [6.07, 6.45) is 1.55. The number of aryl methyl sites for hydroxylation is 1. The summed E-state index contributed by atoms with van der Waals surface area (Å²) in [5.74, 6) is 0.458. The van der Waals surface area contributed by atoms with E-state index in [9.17, 15) is 8.42 Å². The Morgan fingerprint density at radius 2 is 2.17 bits per heavy atom. The van der Waals surface area contributed by atoms with E-state index in [1.54, 1.807) is 13.2 Å². The fourth-order valence-electron chi connectivity index (χ4n) is 1.68. The maximum atomic E-state index is 12.0.